The third kappa shape index (κ3) is 5.75. The summed E-state index contributed by atoms with van der Waals surface area (Å²) >= 11 is 0. The maximum atomic E-state index is 12.7. The van der Waals surface area contributed by atoms with Crippen molar-refractivity contribution in [1.29, 1.82) is 0 Å². The van der Waals surface area contributed by atoms with Gasteiger partial charge in [-0.15, -0.1) is 0 Å². The monoisotopic (exact) mass is 410 g/mol. The van der Waals surface area contributed by atoms with E-state index in [0.717, 1.165) is 12.8 Å². The van der Waals surface area contributed by atoms with Crippen LogP contribution in [-0.4, -0.2) is 43.0 Å². The summed E-state index contributed by atoms with van der Waals surface area (Å²) in [6, 6.07) is 14.6. The first-order chi connectivity index (χ1) is 14.6. The predicted molar refractivity (Wildman–Crippen MR) is 117 cm³/mol. The van der Waals surface area contributed by atoms with Gasteiger partial charge in [0.2, 0.25) is 0 Å². The van der Waals surface area contributed by atoms with Crippen LogP contribution < -0.4 is 14.8 Å². The summed E-state index contributed by atoms with van der Waals surface area (Å²) in [5.74, 6) is 0.884. The number of carbonyl (C=O) groups excluding carboxylic acids is 2. The standard InChI is InChI=1S/C24H30N2O4/c1-3-29-21-11-7-8-12-22(21)30-17-23(27)25-19-15-13-18(14-16-19)24(28)26(2)20-9-5-4-6-10-20/h7-8,11-16,20H,3-6,9-10,17H2,1-2H3,(H,25,27). The fourth-order valence-electron chi connectivity index (χ4n) is 3.72. The van der Waals surface area contributed by atoms with E-state index in [2.05, 4.69) is 5.32 Å². The Kier molecular flexibility index (Phi) is 7.71. The molecular formula is C24H30N2O4. The average molecular weight is 411 g/mol. The molecule has 1 aliphatic carbocycles. The van der Waals surface area contributed by atoms with Crippen molar-refractivity contribution in [2.24, 2.45) is 0 Å². The molecule has 0 bridgehead atoms. The molecule has 0 aromatic heterocycles. The molecule has 0 unspecified atom stereocenters. The van der Waals surface area contributed by atoms with Crippen molar-refractivity contribution in [3.05, 3.63) is 54.1 Å². The quantitative estimate of drug-likeness (QED) is 0.695. The van der Waals surface area contributed by atoms with Gasteiger partial charge in [-0.25, -0.2) is 0 Å². The van der Waals surface area contributed by atoms with Crippen LogP contribution in [0.2, 0.25) is 0 Å². The Bertz CT molecular complexity index is 845. The predicted octanol–water partition coefficient (Wildman–Crippen LogP) is 4.51. The van der Waals surface area contributed by atoms with Crippen LogP contribution in [0.15, 0.2) is 48.5 Å². The van der Waals surface area contributed by atoms with Crippen molar-refractivity contribution in [2.45, 2.75) is 45.1 Å². The Labute approximate surface area is 178 Å². The molecule has 0 aliphatic heterocycles. The molecule has 0 radical (unpaired) electrons. The number of nitrogens with zero attached hydrogens (tertiary/aromatic N) is 1. The lowest BCUT2D eigenvalue weighted by Gasteiger charge is -2.31. The van der Waals surface area contributed by atoms with Gasteiger partial charge in [0.1, 0.15) is 0 Å². The Balaban J connectivity index is 1.52. The molecule has 3 rings (SSSR count). The molecule has 2 aromatic rings. The Morgan fingerprint density at radius 1 is 0.967 bits per heavy atom. The molecule has 0 spiro atoms. The maximum absolute atomic E-state index is 12.7. The second-order valence-electron chi connectivity index (χ2n) is 7.50. The van der Waals surface area contributed by atoms with Crippen LogP contribution in [0.1, 0.15) is 49.4 Å². The van der Waals surface area contributed by atoms with Crippen LogP contribution in [0.4, 0.5) is 5.69 Å². The number of rotatable bonds is 8. The molecular weight excluding hydrogens is 380 g/mol. The lowest BCUT2D eigenvalue weighted by molar-refractivity contribution is -0.118. The molecule has 0 atom stereocenters. The van der Waals surface area contributed by atoms with Gasteiger partial charge in [-0.05, 0) is 56.2 Å². The normalized spacial score (nSPS) is 14.1. The van der Waals surface area contributed by atoms with E-state index < -0.39 is 0 Å². The zero-order valence-electron chi connectivity index (χ0n) is 17.7. The van der Waals surface area contributed by atoms with E-state index in [4.69, 9.17) is 9.47 Å². The molecule has 160 valence electrons. The zero-order chi connectivity index (χ0) is 21.3. The number of para-hydroxylation sites is 2. The van der Waals surface area contributed by atoms with Crippen LogP contribution in [-0.2, 0) is 4.79 Å². The first-order valence-corrected chi connectivity index (χ1v) is 10.6. The number of amides is 2. The highest BCUT2D eigenvalue weighted by molar-refractivity contribution is 5.96. The average Bonchev–Trinajstić information content (AvgIpc) is 2.79. The van der Waals surface area contributed by atoms with Gasteiger partial charge in [-0.2, -0.15) is 0 Å². The minimum absolute atomic E-state index is 0.0237. The fourth-order valence-corrected chi connectivity index (χ4v) is 3.72. The van der Waals surface area contributed by atoms with E-state index in [0.29, 0.717) is 35.4 Å². The van der Waals surface area contributed by atoms with Crippen molar-refractivity contribution in [1.82, 2.24) is 4.90 Å². The Morgan fingerprint density at radius 3 is 2.23 bits per heavy atom. The van der Waals surface area contributed by atoms with E-state index in [-0.39, 0.29) is 18.4 Å². The summed E-state index contributed by atoms with van der Waals surface area (Å²) in [5, 5.41) is 2.79. The molecule has 30 heavy (non-hydrogen) atoms. The molecule has 0 heterocycles. The number of ether oxygens (including phenoxy) is 2. The van der Waals surface area contributed by atoms with Crippen LogP contribution in [0, 0.1) is 0 Å². The van der Waals surface area contributed by atoms with Crippen LogP contribution in [0.5, 0.6) is 11.5 Å². The number of anilines is 1. The van der Waals surface area contributed by atoms with Crippen LogP contribution in [0.25, 0.3) is 0 Å². The lowest BCUT2D eigenvalue weighted by atomic mass is 9.94. The second kappa shape index (κ2) is 10.7. The third-order valence-corrected chi connectivity index (χ3v) is 5.37. The molecule has 2 aromatic carbocycles. The molecule has 2 amide bonds. The first kappa shape index (κ1) is 21.7. The van der Waals surface area contributed by atoms with Gasteiger partial charge in [0.25, 0.3) is 11.8 Å². The Morgan fingerprint density at radius 2 is 1.60 bits per heavy atom. The smallest absolute Gasteiger partial charge is 0.262 e. The number of carbonyl (C=O) groups is 2. The second-order valence-corrected chi connectivity index (χ2v) is 7.50. The molecule has 1 fully saturated rings. The van der Waals surface area contributed by atoms with E-state index in [1.165, 1.54) is 19.3 Å². The van der Waals surface area contributed by atoms with Crippen molar-refractivity contribution in [3.8, 4) is 11.5 Å². The van der Waals surface area contributed by atoms with Gasteiger partial charge in [0, 0.05) is 24.3 Å². The molecule has 1 saturated carbocycles. The topological polar surface area (TPSA) is 67.9 Å². The highest BCUT2D eigenvalue weighted by Crippen LogP contribution is 2.26. The fraction of sp³-hybridized carbons (Fsp3) is 0.417. The van der Waals surface area contributed by atoms with E-state index in [1.54, 1.807) is 36.4 Å². The largest absolute Gasteiger partial charge is 0.490 e. The summed E-state index contributed by atoms with van der Waals surface area (Å²) in [7, 11) is 1.88. The molecule has 1 aliphatic rings. The zero-order valence-corrected chi connectivity index (χ0v) is 17.7. The van der Waals surface area contributed by atoms with Gasteiger partial charge >= 0.3 is 0 Å². The summed E-state index contributed by atoms with van der Waals surface area (Å²) in [6.45, 7) is 2.29. The molecule has 6 heteroatoms. The van der Waals surface area contributed by atoms with Crippen molar-refractivity contribution >= 4 is 17.5 Å². The van der Waals surface area contributed by atoms with Crippen molar-refractivity contribution in [3.63, 3.8) is 0 Å². The van der Waals surface area contributed by atoms with Gasteiger partial charge < -0.3 is 19.7 Å². The van der Waals surface area contributed by atoms with Crippen molar-refractivity contribution in [2.75, 3.05) is 25.6 Å². The third-order valence-electron chi connectivity index (χ3n) is 5.37. The molecule has 1 N–H and O–H groups in total. The van der Waals surface area contributed by atoms with Crippen molar-refractivity contribution < 1.29 is 19.1 Å². The van der Waals surface area contributed by atoms with E-state index >= 15 is 0 Å². The summed E-state index contributed by atoms with van der Waals surface area (Å²) in [6.07, 6.45) is 5.77. The number of hydrogen-bond donors (Lipinski definition) is 1. The summed E-state index contributed by atoms with van der Waals surface area (Å²) < 4.78 is 11.1. The summed E-state index contributed by atoms with van der Waals surface area (Å²) in [5.41, 5.74) is 1.25. The van der Waals surface area contributed by atoms with E-state index in [1.807, 2.05) is 31.0 Å². The van der Waals surface area contributed by atoms with Gasteiger partial charge in [-0.1, -0.05) is 31.4 Å². The highest BCUT2D eigenvalue weighted by atomic mass is 16.5. The van der Waals surface area contributed by atoms with E-state index in [9.17, 15) is 9.59 Å². The van der Waals surface area contributed by atoms with Crippen LogP contribution >= 0.6 is 0 Å². The minimum Gasteiger partial charge on any atom is -0.490 e. The van der Waals surface area contributed by atoms with Gasteiger partial charge in [0.05, 0.1) is 6.61 Å². The highest BCUT2D eigenvalue weighted by Gasteiger charge is 2.22. The lowest BCUT2D eigenvalue weighted by Crippen LogP contribution is -2.38. The first-order valence-electron chi connectivity index (χ1n) is 10.6. The van der Waals surface area contributed by atoms with Gasteiger partial charge in [-0.3, -0.25) is 9.59 Å². The molecule has 0 saturated heterocycles. The number of nitrogens with one attached hydrogen (secondary N) is 1. The summed E-state index contributed by atoms with van der Waals surface area (Å²) in [4.78, 5) is 26.8. The maximum Gasteiger partial charge on any atom is 0.262 e. The molecule has 6 nitrogen and oxygen atoms in total. The van der Waals surface area contributed by atoms with Crippen LogP contribution in [0.3, 0.4) is 0 Å². The number of hydrogen-bond acceptors (Lipinski definition) is 4. The minimum atomic E-state index is -0.278. The SMILES string of the molecule is CCOc1ccccc1OCC(=O)Nc1ccc(C(=O)N(C)C2CCCCC2)cc1. The number of benzene rings is 2. The van der Waals surface area contributed by atoms with Gasteiger partial charge in [0.15, 0.2) is 18.1 Å². The Hall–Kier alpha value is -3.02.